The molecule has 0 saturated heterocycles. The van der Waals surface area contributed by atoms with E-state index in [0.717, 1.165) is 0 Å². The Morgan fingerprint density at radius 3 is 2.37 bits per heavy atom. The van der Waals surface area contributed by atoms with Gasteiger partial charge in [0.1, 0.15) is 5.60 Å². The van der Waals surface area contributed by atoms with E-state index in [1.165, 1.54) is 17.0 Å². The second-order valence-corrected chi connectivity index (χ2v) is 6.85. The maximum Gasteiger partial charge on any atom is 0.412 e. The van der Waals surface area contributed by atoms with Crippen LogP contribution >= 0.6 is 0 Å². The zero-order valence-corrected chi connectivity index (χ0v) is 16.1. The fourth-order valence-electron chi connectivity index (χ4n) is 1.74. The van der Waals surface area contributed by atoms with Gasteiger partial charge in [0.05, 0.1) is 12.1 Å². The molecule has 9 heteroatoms. The van der Waals surface area contributed by atoms with Crippen LogP contribution in [0.25, 0.3) is 0 Å². The lowest BCUT2D eigenvalue weighted by molar-refractivity contribution is -0.131. The van der Waals surface area contributed by atoms with Crippen LogP contribution in [0.3, 0.4) is 0 Å². The molecule has 3 amide bonds. The second-order valence-electron chi connectivity index (χ2n) is 6.85. The van der Waals surface area contributed by atoms with Crippen LogP contribution in [0.2, 0.25) is 0 Å². The smallest absolute Gasteiger partial charge is 0.412 e. The molecule has 0 heterocycles. The van der Waals surface area contributed by atoms with E-state index in [4.69, 9.17) is 9.47 Å². The van der Waals surface area contributed by atoms with Gasteiger partial charge in [-0.05, 0) is 39.0 Å². The highest BCUT2D eigenvalue weighted by Gasteiger charge is 2.17. The lowest BCUT2D eigenvalue weighted by Gasteiger charge is -2.19. The standard InChI is InChI=1S/C18H25N3O6/c1-18(2,3)27-17(25)20-13-8-6-7-12(9-13)16(24)26-11-14(22)19-10-15(23)21(4)5/h6-9H,10-11H2,1-5H3,(H,19,22)(H,20,25). The van der Waals surface area contributed by atoms with Crippen molar-refractivity contribution in [2.24, 2.45) is 0 Å². The van der Waals surface area contributed by atoms with Crippen molar-refractivity contribution in [3.63, 3.8) is 0 Å². The number of hydrogen-bond acceptors (Lipinski definition) is 6. The Morgan fingerprint density at radius 2 is 1.78 bits per heavy atom. The first kappa shape index (κ1) is 21.9. The maximum atomic E-state index is 12.0. The van der Waals surface area contributed by atoms with Crippen LogP contribution < -0.4 is 10.6 Å². The number of nitrogens with zero attached hydrogens (tertiary/aromatic N) is 1. The number of carbonyl (C=O) groups excluding carboxylic acids is 4. The summed E-state index contributed by atoms with van der Waals surface area (Å²) in [5.41, 5.74) is -0.150. The topological polar surface area (TPSA) is 114 Å². The molecular weight excluding hydrogens is 354 g/mol. The fourth-order valence-corrected chi connectivity index (χ4v) is 1.74. The lowest BCUT2D eigenvalue weighted by Crippen LogP contribution is -2.38. The number of hydrogen-bond donors (Lipinski definition) is 2. The molecule has 0 aromatic heterocycles. The fraction of sp³-hybridized carbons (Fsp3) is 0.444. The molecule has 0 radical (unpaired) electrons. The molecule has 1 rings (SSSR count). The first-order valence-corrected chi connectivity index (χ1v) is 8.22. The summed E-state index contributed by atoms with van der Waals surface area (Å²) in [6.45, 7) is 4.49. The molecule has 0 aliphatic heterocycles. The van der Waals surface area contributed by atoms with Gasteiger partial charge in [-0.25, -0.2) is 9.59 Å². The summed E-state index contributed by atoms with van der Waals surface area (Å²) in [6.07, 6.45) is -0.655. The third-order valence-electron chi connectivity index (χ3n) is 3.01. The third kappa shape index (κ3) is 8.70. The van der Waals surface area contributed by atoms with Crippen molar-refractivity contribution in [1.29, 1.82) is 0 Å². The predicted octanol–water partition coefficient (Wildman–Crippen LogP) is 1.39. The number of benzene rings is 1. The van der Waals surface area contributed by atoms with Crippen LogP contribution in [0.15, 0.2) is 24.3 Å². The lowest BCUT2D eigenvalue weighted by atomic mass is 10.2. The molecule has 1 aromatic carbocycles. The van der Waals surface area contributed by atoms with E-state index in [1.54, 1.807) is 47.0 Å². The van der Waals surface area contributed by atoms with Gasteiger partial charge in [-0.3, -0.25) is 14.9 Å². The molecule has 9 nitrogen and oxygen atoms in total. The van der Waals surface area contributed by atoms with Crippen LogP contribution in [0, 0.1) is 0 Å². The summed E-state index contributed by atoms with van der Waals surface area (Å²) in [5, 5.41) is 4.86. The van der Waals surface area contributed by atoms with Gasteiger partial charge >= 0.3 is 12.1 Å². The summed E-state index contributed by atoms with van der Waals surface area (Å²) in [7, 11) is 3.12. The highest BCUT2D eigenvalue weighted by molar-refractivity contribution is 5.94. The molecule has 0 spiro atoms. The van der Waals surface area contributed by atoms with Crippen molar-refractivity contribution in [2.75, 3.05) is 32.6 Å². The molecule has 0 fully saturated rings. The van der Waals surface area contributed by atoms with Crippen LogP contribution in [0.1, 0.15) is 31.1 Å². The number of anilines is 1. The van der Waals surface area contributed by atoms with Gasteiger partial charge in [-0.1, -0.05) is 6.07 Å². The van der Waals surface area contributed by atoms with Crippen molar-refractivity contribution in [2.45, 2.75) is 26.4 Å². The molecule has 27 heavy (non-hydrogen) atoms. The van der Waals surface area contributed by atoms with E-state index < -0.39 is 30.2 Å². The average molecular weight is 379 g/mol. The zero-order valence-electron chi connectivity index (χ0n) is 16.1. The largest absolute Gasteiger partial charge is 0.452 e. The first-order valence-electron chi connectivity index (χ1n) is 8.22. The Bertz CT molecular complexity index is 709. The number of likely N-dealkylation sites (N-methyl/N-ethyl adjacent to an activating group) is 1. The van der Waals surface area contributed by atoms with Crippen molar-refractivity contribution in [1.82, 2.24) is 10.2 Å². The van der Waals surface area contributed by atoms with Crippen LogP contribution in [-0.4, -0.2) is 61.6 Å². The quantitative estimate of drug-likeness (QED) is 0.722. The van der Waals surface area contributed by atoms with Gasteiger partial charge in [-0.2, -0.15) is 0 Å². The van der Waals surface area contributed by atoms with Crippen molar-refractivity contribution >= 4 is 29.6 Å². The summed E-state index contributed by atoms with van der Waals surface area (Å²) in [5.74, 6) is -1.62. The maximum absolute atomic E-state index is 12.0. The highest BCUT2D eigenvalue weighted by atomic mass is 16.6. The van der Waals surface area contributed by atoms with Gasteiger partial charge in [0.15, 0.2) is 6.61 Å². The normalized spacial score (nSPS) is 10.6. The van der Waals surface area contributed by atoms with Gasteiger partial charge in [-0.15, -0.1) is 0 Å². The van der Waals surface area contributed by atoms with Crippen LogP contribution in [0.5, 0.6) is 0 Å². The first-order chi connectivity index (χ1) is 12.5. The molecule has 0 atom stereocenters. The number of nitrogens with one attached hydrogen (secondary N) is 2. The minimum absolute atomic E-state index is 0.153. The average Bonchev–Trinajstić information content (AvgIpc) is 2.55. The summed E-state index contributed by atoms with van der Waals surface area (Å²) < 4.78 is 10.0. The highest BCUT2D eigenvalue weighted by Crippen LogP contribution is 2.14. The molecule has 0 saturated carbocycles. The number of esters is 1. The van der Waals surface area contributed by atoms with Crippen LogP contribution in [-0.2, 0) is 19.1 Å². The molecular formula is C18H25N3O6. The Kier molecular flexibility index (Phi) is 7.77. The number of amides is 3. The van der Waals surface area contributed by atoms with Gasteiger partial charge in [0.2, 0.25) is 5.91 Å². The molecule has 148 valence electrons. The van der Waals surface area contributed by atoms with E-state index in [9.17, 15) is 19.2 Å². The minimum atomic E-state index is -0.739. The van der Waals surface area contributed by atoms with Crippen molar-refractivity contribution in [3.05, 3.63) is 29.8 Å². The minimum Gasteiger partial charge on any atom is -0.452 e. The van der Waals surface area contributed by atoms with Gasteiger partial charge in [0.25, 0.3) is 5.91 Å². The van der Waals surface area contributed by atoms with Crippen LogP contribution in [0.4, 0.5) is 10.5 Å². The molecule has 0 aliphatic carbocycles. The van der Waals surface area contributed by atoms with E-state index in [0.29, 0.717) is 5.69 Å². The number of rotatable bonds is 6. The summed E-state index contributed by atoms with van der Waals surface area (Å²) in [4.78, 5) is 48.1. The Hall–Kier alpha value is -3.10. The Balaban J connectivity index is 2.55. The molecule has 2 N–H and O–H groups in total. The summed E-state index contributed by atoms with van der Waals surface area (Å²) in [6, 6.07) is 6.02. The van der Waals surface area contributed by atoms with E-state index in [2.05, 4.69) is 10.6 Å². The monoisotopic (exact) mass is 379 g/mol. The second kappa shape index (κ2) is 9.56. The Morgan fingerprint density at radius 1 is 1.11 bits per heavy atom. The van der Waals surface area contributed by atoms with Crippen molar-refractivity contribution < 1.29 is 28.7 Å². The number of carbonyl (C=O) groups is 4. The van der Waals surface area contributed by atoms with E-state index >= 15 is 0 Å². The molecule has 0 aliphatic rings. The van der Waals surface area contributed by atoms with Crippen molar-refractivity contribution in [3.8, 4) is 0 Å². The molecule has 0 bridgehead atoms. The van der Waals surface area contributed by atoms with Gasteiger partial charge in [0, 0.05) is 19.8 Å². The molecule has 1 aromatic rings. The number of ether oxygens (including phenoxy) is 2. The predicted molar refractivity (Wildman–Crippen MR) is 98.3 cm³/mol. The SMILES string of the molecule is CN(C)C(=O)CNC(=O)COC(=O)c1cccc(NC(=O)OC(C)(C)C)c1. The van der Waals surface area contributed by atoms with Gasteiger partial charge < -0.3 is 19.7 Å². The zero-order chi connectivity index (χ0) is 20.6. The Labute approximate surface area is 158 Å². The van der Waals surface area contributed by atoms with E-state index in [-0.39, 0.29) is 18.0 Å². The third-order valence-corrected chi connectivity index (χ3v) is 3.01. The molecule has 0 unspecified atom stereocenters. The summed E-state index contributed by atoms with van der Waals surface area (Å²) >= 11 is 0. The van der Waals surface area contributed by atoms with E-state index in [1.807, 2.05) is 0 Å².